The van der Waals surface area contributed by atoms with Crippen LogP contribution in [0.4, 0.5) is 0 Å². The molecule has 0 radical (unpaired) electrons. The molecule has 2 aromatic rings. The first-order chi connectivity index (χ1) is 12.2. The molecule has 134 valence electrons. The van der Waals surface area contributed by atoms with E-state index in [9.17, 15) is 0 Å². The second-order valence-corrected chi connectivity index (χ2v) is 7.18. The van der Waals surface area contributed by atoms with Gasteiger partial charge in [-0.05, 0) is 37.5 Å². The predicted molar refractivity (Wildman–Crippen MR) is 96.6 cm³/mol. The van der Waals surface area contributed by atoms with E-state index < -0.39 is 0 Å². The molecule has 2 fully saturated rings. The van der Waals surface area contributed by atoms with Gasteiger partial charge in [-0.25, -0.2) is 4.98 Å². The zero-order valence-corrected chi connectivity index (χ0v) is 15.1. The lowest BCUT2D eigenvalue weighted by atomic mass is 10.1. The van der Waals surface area contributed by atoms with Gasteiger partial charge >= 0.3 is 0 Å². The summed E-state index contributed by atoms with van der Waals surface area (Å²) < 4.78 is 5.36. The van der Waals surface area contributed by atoms with Crippen molar-refractivity contribution in [2.75, 3.05) is 33.3 Å². The summed E-state index contributed by atoms with van der Waals surface area (Å²) >= 11 is 0. The third-order valence-electron chi connectivity index (χ3n) is 5.40. The molecule has 1 aromatic carbocycles. The van der Waals surface area contributed by atoms with Crippen LogP contribution < -0.4 is 4.74 Å². The number of aromatic nitrogens is 3. The van der Waals surface area contributed by atoms with Crippen molar-refractivity contribution in [3.63, 3.8) is 0 Å². The molecule has 6 heteroatoms. The third kappa shape index (κ3) is 3.85. The van der Waals surface area contributed by atoms with E-state index in [2.05, 4.69) is 50.1 Å². The van der Waals surface area contributed by atoms with Gasteiger partial charge in [-0.15, -0.1) is 0 Å². The van der Waals surface area contributed by atoms with Crippen LogP contribution >= 0.6 is 0 Å². The minimum atomic E-state index is 0.406. The standard InChI is InChI=1S/C19H27N5O/c1-14(16-4-3-5-17(12-16)25-2)24-10-8-23(9-11-24)13-18-20-19(22-21-18)15-6-7-15/h3-5,12,14-15H,6-11,13H2,1-2H3,(H,20,21,22)/t14-/m1/s1. The van der Waals surface area contributed by atoms with Gasteiger partial charge in [0.1, 0.15) is 11.6 Å². The Labute approximate surface area is 149 Å². The molecule has 0 spiro atoms. The lowest BCUT2D eigenvalue weighted by molar-refractivity contribution is 0.0962. The SMILES string of the molecule is COc1cccc([C@@H](C)N2CCN(Cc3nc(C4CC4)n[nH]3)CC2)c1. The zero-order valence-electron chi connectivity index (χ0n) is 15.1. The van der Waals surface area contributed by atoms with Crippen molar-refractivity contribution < 1.29 is 4.74 Å². The largest absolute Gasteiger partial charge is 0.497 e. The maximum Gasteiger partial charge on any atom is 0.153 e. The number of methoxy groups -OCH3 is 1. The Balaban J connectivity index is 1.31. The summed E-state index contributed by atoms with van der Waals surface area (Å²) in [5.74, 6) is 3.57. The van der Waals surface area contributed by atoms with Crippen molar-refractivity contribution in [1.82, 2.24) is 25.0 Å². The molecule has 0 unspecified atom stereocenters. The zero-order chi connectivity index (χ0) is 17.2. The number of hydrogen-bond donors (Lipinski definition) is 1. The molecule has 1 N–H and O–H groups in total. The van der Waals surface area contributed by atoms with Crippen LogP contribution in [0, 0.1) is 0 Å². The summed E-state index contributed by atoms with van der Waals surface area (Å²) in [6, 6.07) is 8.81. The number of benzene rings is 1. The van der Waals surface area contributed by atoms with Gasteiger partial charge < -0.3 is 4.74 Å². The predicted octanol–water partition coefficient (Wildman–Crippen LogP) is 2.57. The van der Waals surface area contributed by atoms with Gasteiger partial charge in [0.15, 0.2) is 5.82 Å². The first kappa shape index (κ1) is 16.5. The third-order valence-corrected chi connectivity index (χ3v) is 5.40. The second-order valence-electron chi connectivity index (χ2n) is 7.18. The van der Waals surface area contributed by atoms with Gasteiger partial charge in [0, 0.05) is 38.1 Å². The number of piperazine rings is 1. The molecule has 0 bridgehead atoms. The quantitative estimate of drug-likeness (QED) is 0.875. The number of nitrogens with zero attached hydrogens (tertiary/aromatic N) is 4. The number of H-pyrrole nitrogens is 1. The van der Waals surface area contributed by atoms with Crippen LogP contribution in [0.15, 0.2) is 24.3 Å². The molecule has 1 saturated heterocycles. The van der Waals surface area contributed by atoms with E-state index in [1.54, 1.807) is 7.11 Å². The van der Waals surface area contributed by atoms with E-state index in [4.69, 9.17) is 4.74 Å². The maximum atomic E-state index is 5.36. The van der Waals surface area contributed by atoms with E-state index in [0.717, 1.165) is 50.1 Å². The van der Waals surface area contributed by atoms with E-state index >= 15 is 0 Å². The number of nitrogens with one attached hydrogen (secondary N) is 1. The number of aromatic amines is 1. The smallest absolute Gasteiger partial charge is 0.153 e. The summed E-state index contributed by atoms with van der Waals surface area (Å²) in [7, 11) is 1.72. The molecule has 1 atom stereocenters. The second kappa shape index (κ2) is 7.14. The van der Waals surface area contributed by atoms with Crippen LogP contribution in [-0.2, 0) is 6.54 Å². The first-order valence-electron chi connectivity index (χ1n) is 9.24. The topological polar surface area (TPSA) is 57.3 Å². The maximum absolute atomic E-state index is 5.36. The Morgan fingerprint density at radius 2 is 2.04 bits per heavy atom. The summed E-state index contributed by atoms with van der Waals surface area (Å²) in [4.78, 5) is 9.66. The molecule has 6 nitrogen and oxygen atoms in total. The van der Waals surface area contributed by atoms with E-state index in [0.29, 0.717) is 12.0 Å². The molecule has 1 aliphatic heterocycles. The van der Waals surface area contributed by atoms with Crippen molar-refractivity contribution in [3.05, 3.63) is 41.5 Å². The van der Waals surface area contributed by atoms with Crippen LogP contribution in [-0.4, -0.2) is 58.3 Å². The van der Waals surface area contributed by atoms with Gasteiger partial charge in [-0.2, -0.15) is 5.10 Å². The van der Waals surface area contributed by atoms with Crippen LogP contribution in [0.2, 0.25) is 0 Å². The summed E-state index contributed by atoms with van der Waals surface area (Å²) in [5.41, 5.74) is 1.32. The lowest BCUT2D eigenvalue weighted by Crippen LogP contribution is -2.46. The van der Waals surface area contributed by atoms with Crippen molar-refractivity contribution in [3.8, 4) is 5.75 Å². The van der Waals surface area contributed by atoms with Crippen LogP contribution in [0.5, 0.6) is 5.75 Å². The normalized spacial score (nSPS) is 20.6. The fraction of sp³-hybridized carbons (Fsp3) is 0.579. The Bertz CT molecular complexity index is 703. The van der Waals surface area contributed by atoms with Gasteiger partial charge in [0.05, 0.1) is 13.7 Å². The Kier molecular flexibility index (Phi) is 4.72. The number of hydrogen-bond acceptors (Lipinski definition) is 5. The Morgan fingerprint density at radius 3 is 2.76 bits per heavy atom. The lowest BCUT2D eigenvalue weighted by Gasteiger charge is -2.38. The van der Waals surface area contributed by atoms with Gasteiger partial charge in [-0.1, -0.05) is 12.1 Å². The minimum absolute atomic E-state index is 0.406. The average molecular weight is 341 g/mol. The van der Waals surface area contributed by atoms with Gasteiger partial charge in [-0.3, -0.25) is 14.9 Å². The Hall–Kier alpha value is -1.92. The molecule has 1 aliphatic carbocycles. The van der Waals surface area contributed by atoms with Crippen LogP contribution in [0.1, 0.15) is 48.9 Å². The van der Waals surface area contributed by atoms with E-state index in [-0.39, 0.29) is 0 Å². The summed E-state index contributed by atoms with van der Waals surface area (Å²) in [5, 5.41) is 7.47. The van der Waals surface area contributed by atoms with Crippen LogP contribution in [0.3, 0.4) is 0 Å². The monoisotopic (exact) mass is 341 g/mol. The summed E-state index contributed by atoms with van der Waals surface area (Å²) in [6.45, 7) is 7.43. The Morgan fingerprint density at radius 1 is 1.24 bits per heavy atom. The molecule has 2 heterocycles. The van der Waals surface area contributed by atoms with Crippen molar-refractivity contribution in [2.24, 2.45) is 0 Å². The molecule has 25 heavy (non-hydrogen) atoms. The molecule has 1 saturated carbocycles. The number of ether oxygens (including phenoxy) is 1. The van der Waals surface area contributed by atoms with Crippen molar-refractivity contribution in [2.45, 2.75) is 38.3 Å². The van der Waals surface area contributed by atoms with Gasteiger partial charge in [0.25, 0.3) is 0 Å². The highest BCUT2D eigenvalue weighted by molar-refractivity contribution is 5.30. The van der Waals surface area contributed by atoms with Crippen molar-refractivity contribution in [1.29, 1.82) is 0 Å². The highest BCUT2D eigenvalue weighted by Crippen LogP contribution is 2.37. The van der Waals surface area contributed by atoms with Crippen molar-refractivity contribution >= 4 is 0 Å². The fourth-order valence-corrected chi connectivity index (χ4v) is 3.54. The minimum Gasteiger partial charge on any atom is -0.497 e. The molecule has 4 rings (SSSR count). The molecular weight excluding hydrogens is 314 g/mol. The fourth-order valence-electron chi connectivity index (χ4n) is 3.54. The number of rotatable bonds is 6. The molecule has 1 aromatic heterocycles. The van der Waals surface area contributed by atoms with E-state index in [1.807, 2.05) is 6.07 Å². The first-order valence-corrected chi connectivity index (χ1v) is 9.24. The molecule has 2 aliphatic rings. The highest BCUT2D eigenvalue weighted by Gasteiger charge is 2.28. The molecular formula is C19H27N5O. The average Bonchev–Trinajstić information content (AvgIpc) is 3.41. The van der Waals surface area contributed by atoms with E-state index in [1.165, 1.54) is 18.4 Å². The highest BCUT2D eigenvalue weighted by atomic mass is 16.5. The van der Waals surface area contributed by atoms with Gasteiger partial charge in [0.2, 0.25) is 0 Å². The van der Waals surface area contributed by atoms with Crippen LogP contribution in [0.25, 0.3) is 0 Å². The molecule has 0 amide bonds. The summed E-state index contributed by atoms with van der Waals surface area (Å²) in [6.07, 6.45) is 2.50.